The number of pyridine rings is 1. The molecule has 0 bridgehead atoms. The minimum atomic E-state index is -0.659. The van der Waals surface area contributed by atoms with Crippen LogP contribution in [0.5, 0.6) is 0 Å². The molecule has 4 aromatic heterocycles. The molecule has 2 atom stereocenters. The lowest BCUT2D eigenvalue weighted by atomic mass is 10.0. The Bertz CT molecular complexity index is 1560. The van der Waals surface area contributed by atoms with Crippen LogP contribution in [0.25, 0.3) is 22.3 Å². The first-order valence-corrected chi connectivity index (χ1v) is 11.0. The van der Waals surface area contributed by atoms with E-state index < -0.39 is 17.8 Å². The molecular formula is C24H22FN7O2. The van der Waals surface area contributed by atoms with E-state index in [-0.39, 0.29) is 24.0 Å². The van der Waals surface area contributed by atoms with Crippen LogP contribution in [-0.2, 0) is 4.74 Å². The lowest BCUT2D eigenvalue weighted by Gasteiger charge is -2.39. The van der Waals surface area contributed by atoms with Crippen molar-refractivity contribution >= 4 is 34.1 Å². The van der Waals surface area contributed by atoms with E-state index in [0.717, 1.165) is 11.3 Å². The number of ether oxygens (including phenoxy) is 1. The molecule has 0 radical (unpaired) electrons. The maximum absolute atomic E-state index is 15.3. The third-order valence-corrected chi connectivity index (χ3v) is 6.25. The molecule has 2 N–H and O–H groups in total. The van der Waals surface area contributed by atoms with Crippen molar-refractivity contribution in [1.29, 1.82) is 0 Å². The number of aromatic nitrogens is 5. The van der Waals surface area contributed by atoms with Gasteiger partial charge in [0.05, 0.1) is 53.3 Å². The first-order chi connectivity index (χ1) is 16.4. The largest absolute Gasteiger partial charge is 0.381 e. The number of hydrogen-bond donors (Lipinski definition) is 1. The fourth-order valence-corrected chi connectivity index (χ4v) is 4.68. The lowest BCUT2D eigenvalue weighted by molar-refractivity contribution is -0.0328. The molecule has 0 spiro atoms. The molecule has 5 heterocycles. The Hall–Kier alpha value is -4.05. The summed E-state index contributed by atoms with van der Waals surface area (Å²) in [6, 6.07) is 7.75. The number of hydrogen-bond acceptors (Lipinski definition) is 6. The summed E-state index contributed by atoms with van der Waals surface area (Å²) in [5.41, 5.74) is 9.54. The minimum Gasteiger partial charge on any atom is -0.381 e. The van der Waals surface area contributed by atoms with E-state index in [1.54, 1.807) is 15.5 Å². The number of amides is 1. The van der Waals surface area contributed by atoms with Gasteiger partial charge in [0, 0.05) is 24.7 Å². The summed E-state index contributed by atoms with van der Waals surface area (Å²) in [5, 5.41) is 0. The molecule has 5 aromatic rings. The zero-order chi connectivity index (χ0) is 23.6. The number of nitrogens with two attached hydrogens (primary N) is 1. The Labute approximate surface area is 193 Å². The molecular weight excluding hydrogens is 437 g/mol. The molecule has 1 fully saturated rings. The van der Waals surface area contributed by atoms with Crippen LogP contribution in [0, 0.1) is 12.7 Å². The highest BCUT2D eigenvalue weighted by Crippen LogP contribution is 2.31. The van der Waals surface area contributed by atoms with Crippen LogP contribution in [-0.4, -0.2) is 53.8 Å². The predicted molar refractivity (Wildman–Crippen MR) is 124 cm³/mol. The summed E-state index contributed by atoms with van der Waals surface area (Å²) in [7, 11) is 0. The second kappa shape index (κ2) is 7.49. The van der Waals surface area contributed by atoms with Gasteiger partial charge in [-0.25, -0.2) is 19.3 Å². The van der Waals surface area contributed by atoms with Crippen molar-refractivity contribution in [2.24, 2.45) is 0 Å². The van der Waals surface area contributed by atoms with Crippen LogP contribution in [0.1, 0.15) is 34.7 Å². The van der Waals surface area contributed by atoms with Crippen molar-refractivity contribution in [3.05, 3.63) is 71.7 Å². The van der Waals surface area contributed by atoms with Crippen LogP contribution in [0.3, 0.4) is 0 Å². The molecule has 1 saturated heterocycles. The van der Waals surface area contributed by atoms with Gasteiger partial charge in [-0.2, -0.15) is 0 Å². The van der Waals surface area contributed by atoms with Crippen LogP contribution in [0.15, 0.2) is 48.9 Å². The Kier molecular flexibility index (Phi) is 4.53. The smallest absolute Gasteiger partial charge is 0.257 e. The highest BCUT2D eigenvalue weighted by molar-refractivity contribution is 5.99. The van der Waals surface area contributed by atoms with E-state index in [2.05, 4.69) is 15.0 Å². The van der Waals surface area contributed by atoms with Gasteiger partial charge in [-0.05, 0) is 32.0 Å². The summed E-state index contributed by atoms with van der Waals surface area (Å²) in [6.45, 7) is 4.35. The fourth-order valence-electron chi connectivity index (χ4n) is 4.68. The number of fused-ring (bicyclic) bond motifs is 4. The first-order valence-electron chi connectivity index (χ1n) is 11.0. The molecule has 34 heavy (non-hydrogen) atoms. The van der Waals surface area contributed by atoms with Crippen molar-refractivity contribution in [1.82, 2.24) is 28.7 Å². The predicted octanol–water partition coefficient (Wildman–Crippen LogP) is 3.16. The lowest BCUT2D eigenvalue weighted by Crippen LogP contribution is -2.49. The number of nitrogens with zero attached hydrogens (tertiary/aromatic N) is 6. The summed E-state index contributed by atoms with van der Waals surface area (Å²) >= 11 is 0. The molecule has 0 aliphatic carbocycles. The second-order valence-electron chi connectivity index (χ2n) is 8.64. The number of carbonyl (C=O) groups is 1. The molecule has 1 aliphatic rings. The monoisotopic (exact) mass is 459 g/mol. The zero-order valence-corrected chi connectivity index (χ0v) is 18.6. The maximum Gasteiger partial charge on any atom is 0.257 e. The SMILES string of the molecule is Cc1cn2c(n1)c(N)nc1cc(F)c(C(=O)N3C(C)COC[C@@H]3c3cn4ccccc4n3)cc12. The van der Waals surface area contributed by atoms with E-state index in [0.29, 0.717) is 29.0 Å². The third kappa shape index (κ3) is 3.10. The Morgan fingerprint density at radius 2 is 2.03 bits per heavy atom. The van der Waals surface area contributed by atoms with Gasteiger partial charge < -0.3 is 19.8 Å². The van der Waals surface area contributed by atoms with E-state index in [1.165, 1.54) is 12.1 Å². The summed E-state index contributed by atoms with van der Waals surface area (Å²) in [6.07, 6.45) is 5.56. The van der Waals surface area contributed by atoms with Crippen molar-refractivity contribution in [3.8, 4) is 0 Å². The number of aryl methyl sites for hydroxylation is 1. The standard InChI is InChI=1S/C24H22FN7O2/c1-13-9-31-19-7-15(16(25)8-17(19)29-22(26)23(31)27-13)24(33)32-14(2)11-34-12-20(32)18-10-30-6-4-3-5-21(30)28-18/h3-10,14,20H,11-12H2,1-2H3,(H2,26,29)/t14?,20-/m1/s1. The number of imidazole rings is 2. The molecule has 1 unspecified atom stereocenters. The van der Waals surface area contributed by atoms with E-state index in [9.17, 15) is 4.79 Å². The van der Waals surface area contributed by atoms with Gasteiger partial charge in [0.15, 0.2) is 11.5 Å². The van der Waals surface area contributed by atoms with Crippen LogP contribution in [0.4, 0.5) is 10.2 Å². The molecule has 1 amide bonds. The van der Waals surface area contributed by atoms with Gasteiger partial charge in [0.1, 0.15) is 11.5 Å². The number of benzene rings is 1. The highest BCUT2D eigenvalue weighted by Gasteiger charge is 2.36. The number of rotatable bonds is 2. The van der Waals surface area contributed by atoms with Crippen LogP contribution < -0.4 is 5.73 Å². The Balaban J connectivity index is 1.48. The van der Waals surface area contributed by atoms with E-state index >= 15 is 4.39 Å². The van der Waals surface area contributed by atoms with Crippen LogP contribution in [0.2, 0.25) is 0 Å². The summed E-state index contributed by atoms with van der Waals surface area (Å²) in [4.78, 5) is 28.8. The number of halogens is 1. The van der Waals surface area contributed by atoms with E-state index in [4.69, 9.17) is 10.5 Å². The van der Waals surface area contributed by atoms with Gasteiger partial charge in [0.2, 0.25) is 0 Å². The molecule has 6 rings (SSSR count). The molecule has 1 aliphatic heterocycles. The zero-order valence-electron chi connectivity index (χ0n) is 18.6. The van der Waals surface area contributed by atoms with Gasteiger partial charge in [-0.15, -0.1) is 0 Å². The van der Waals surface area contributed by atoms with Gasteiger partial charge in [-0.3, -0.25) is 9.20 Å². The van der Waals surface area contributed by atoms with Crippen molar-refractivity contribution in [3.63, 3.8) is 0 Å². The second-order valence-corrected chi connectivity index (χ2v) is 8.64. The van der Waals surface area contributed by atoms with Crippen molar-refractivity contribution < 1.29 is 13.9 Å². The molecule has 0 saturated carbocycles. The first kappa shape index (κ1) is 20.5. The average Bonchev–Trinajstić information content (AvgIpc) is 3.42. The van der Waals surface area contributed by atoms with Crippen molar-refractivity contribution in [2.75, 3.05) is 18.9 Å². The van der Waals surface area contributed by atoms with Gasteiger partial charge in [0.25, 0.3) is 5.91 Å². The molecule has 172 valence electrons. The van der Waals surface area contributed by atoms with Gasteiger partial charge >= 0.3 is 0 Å². The normalized spacial score (nSPS) is 18.9. The number of anilines is 1. The van der Waals surface area contributed by atoms with Crippen LogP contribution >= 0.6 is 0 Å². The third-order valence-electron chi connectivity index (χ3n) is 6.25. The molecule has 10 heteroatoms. The maximum atomic E-state index is 15.3. The van der Waals surface area contributed by atoms with E-state index in [1.807, 2.05) is 48.8 Å². The number of morpholine rings is 1. The number of carbonyl (C=O) groups excluding carboxylic acids is 1. The quantitative estimate of drug-likeness (QED) is 0.435. The fraction of sp³-hybridized carbons (Fsp3) is 0.250. The number of nitrogen functional groups attached to an aromatic ring is 1. The molecule has 9 nitrogen and oxygen atoms in total. The average molecular weight is 459 g/mol. The minimum absolute atomic E-state index is 0.0470. The Morgan fingerprint density at radius 1 is 1.18 bits per heavy atom. The Morgan fingerprint density at radius 3 is 2.85 bits per heavy atom. The highest BCUT2D eigenvalue weighted by atomic mass is 19.1. The topological polar surface area (TPSA) is 103 Å². The van der Waals surface area contributed by atoms with Gasteiger partial charge in [-0.1, -0.05) is 6.07 Å². The summed E-state index contributed by atoms with van der Waals surface area (Å²) in [5.74, 6) is -0.889. The molecule has 1 aromatic carbocycles. The summed E-state index contributed by atoms with van der Waals surface area (Å²) < 4.78 is 24.7. The van der Waals surface area contributed by atoms with Crippen molar-refractivity contribution in [2.45, 2.75) is 25.9 Å².